The normalized spacial score (nSPS) is 11.1. The van der Waals surface area contributed by atoms with Gasteiger partial charge in [-0.25, -0.2) is 5.48 Å². The van der Waals surface area contributed by atoms with Crippen molar-refractivity contribution < 1.29 is 29.0 Å². The highest BCUT2D eigenvalue weighted by Crippen LogP contribution is 2.31. The highest BCUT2D eigenvalue weighted by atomic mass is 16.5. The standard InChI is InChI=1S/C25H30N2O7/c1-27(2)11-13-33-18-9-7-17(8-10-18)22-16-21(29)25-20(28)14-19(15-23(25)34-22)32-12-5-3-4-6-24(30)26-31/h7-10,14-16,28,31H,3-6,11-13H2,1-2H3,(H,26,30). The number of nitrogens with zero attached hydrogens (tertiary/aromatic N) is 1. The van der Waals surface area contributed by atoms with Gasteiger partial charge in [-0.15, -0.1) is 0 Å². The first kappa shape index (κ1) is 25.1. The summed E-state index contributed by atoms with van der Waals surface area (Å²) in [6.07, 6.45) is 2.28. The monoisotopic (exact) mass is 470 g/mol. The summed E-state index contributed by atoms with van der Waals surface area (Å²) in [5.41, 5.74) is 2.18. The number of carbonyl (C=O) groups is 1. The van der Waals surface area contributed by atoms with Gasteiger partial charge in [0.1, 0.15) is 40.6 Å². The summed E-state index contributed by atoms with van der Waals surface area (Å²) < 4.78 is 17.3. The molecule has 0 saturated carbocycles. The van der Waals surface area contributed by atoms with E-state index in [0.717, 1.165) is 18.7 Å². The molecule has 0 aliphatic rings. The van der Waals surface area contributed by atoms with Crippen LogP contribution in [0.3, 0.4) is 0 Å². The Morgan fingerprint density at radius 3 is 2.44 bits per heavy atom. The van der Waals surface area contributed by atoms with Gasteiger partial charge < -0.3 is 23.9 Å². The van der Waals surface area contributed by atoms with Gasteiger partial charge in [-0.3, -0.25) is 14.8 Å². The van der Waals surface area contributed by atoms with Crippen LogP contribution in [0, 0.1) is 0 Å². The zero-order valence-corrected chi connectivity index (χ0v) is 19.4. The summed E-state index contributed by atoms with van der Waals surface area (Å²) in [5.74, 6) is 0.841. The molecule has 0 unspecified atom stereocenters. The van der Waals surface area contributed by atoms with Gasteiger partial charge in [-0.05, 0) is 57.6 Å². The van der Waals surface area contributed by atoms with Crippen LogP contribution in [-0.2, 0) is 4.79 Å². The van der Waals surface area contributed by atoms with E-state index >= 15 is 0 Å². The second kappa shape index (κ2) is 12.1. The highest BCUT2D eigenvalue weighted by Gasteiger charge is 2.13. The van der Waals surface area contributed by atoms with Crippen molar-refractivity contribution in [3.63, 3.8) is 0 Å². The molecule has 9 heteroatoms. The third-order valence-corrected chi connectivity index (χ3v) is 5.17. The van der Waals surface area contributed by atoms with E-state index in [-0.39, 0.29) is 28.6 Å². The molecule has 1 heterocycles. The van der Waals surface area contributed by atoms with E-state index < -0.39 is 5.91 Å². The maximum Gasteiger partial charge on any atom is 0.243 e. The quantitative estimate of drug-likeness (QED) is 0.209. The van der Waals surface area contributed by atoms with E-state index in [4.69, 9.17) is 19.1 Å². The molecule has 0 atom stereocenters. The largest absolute Gasteiger partial charge is 0.507 e. The van der Waals surface area contributed by atoms with Crippen LogP contribution in [0.25, 0.3) is 22.3 Å². The number of nitrogens with one attached hydrogen (secondary N) is 1. The first-order valence-electron chi connectivity index (χ1n) is 11.1. The third kappa shape index (κ3) is 6.97. The smallest absolute Gasteiger partial charge is 0.243 e. The van der Waals surface area contributed by atoms with Crippen LogP contribution < -0.4 is 20.4 Å². The van der Waals surface area contributed by atoms with Crippen molar-refractivity contribution in [1.29, 1.82) is 0 Å². The summed E-state index contributed by atoms with van der Waals surface area (Å²) in [5, 5.41) is 18.9. The molecule has 3 N–H and O–H groups in total. The van der Waals surface area contributed by atoms with Crippen LogP contribution in [0.2, 0.25) is 0 Å². The summed E-state index contributed by atoms with van der Waals surface area (Å²) in [4.78, 5) is 25.7. The molecule has 0 fully saturated rings. The Labute approximate surface area is 197 Å². The number of likely N-dealkylation sites (N-methyl/N-ethyl adjacent to an activating group) is 1. The minimum absolute atomic E-state index is 0.0924. The molecule has 34 heavy (non-hydrogen) atoms. The molecule has 9 nitrogen and oxygen atoms in total. The molecule has 0 radical (unpaired) electrons. The molecule has 1 aromatic heterocycles. The van der Waals surface area contributed by atoms with E-state index in [0.29, 0.717) is 43.1 Å². The first-order chi connectivity index (χ1) is 16.4. The zero-order chi connectivity index (χ0) is 24.5. The lowest BCUT2D eigenvalue weighted by Crippen LogP contribution is -2.19. The molecule has 0 aliphatic carbocycles. The van der Waals surface area contributed by atoms with Crippen molar-refractivity contribution in [3.8, 4) is 28.6 Å². The molecule has 0 aliphatic heterocycles. The number of carbonyl (C=O) groups excluding carboxylic acids is 1. The zero-order valence-electron chi connectivity index (χ0n) is 19.4. The molecule has 0 saturated heterocycles. The molecule has 0 spiro atoms. The SMILES string of the molecule is CN(C)CCOc1ccc(-c2cc(=O)c3c(O)cc(OCCCCCC(=O)NO)cc3o2)cc1. The first-order valence-corrected chi connectivity index (χ1v) is 11.1. The van der Waals surface area contributed by atoms with Crippen LogP contribution in [-0.4, -0.2) is 55.0 Å². The van der Waals surface area contributed by atoms with Crippen molar-refractivity contribution in [3.05, 3.63) is 52.7 Å². The molecular formula is C25H30N2O7. The predicted octanol–water partition coefficient (Wildman–Crippen LogP) is 3.55. The molecular weight excluding hydrogens is 440 g/mol. The van der Waals surface area contributed by atoms with Crippen molar-refractivity contribution in [1.82, 2.24) is 10.4 Å². The maximum absolute atomic E-state index is 12.6. The Morgan fingerprint density at radius 2 is 1.74 bits per heavy atom. The fourth-order valence-electron chi connectivity index (χ4n) is 3.34. The summed E-state index contributed by atoms with van der Waals surface area (Å²) in [6, 6.07) is 11.6. The Hall–Kier alpha value is -3.56. The molecule has 182 valence electrons. The Balaban J connectivity index is 1.69. The molecule has 3 aromatic rings. The van der Waals surface area contributed by atoms with Gasteiger partial charge in [0.25, 0.3) is 0 Å². The average molecular weight is 471 g/mol. The molecule has 0 bridgehead atoms. The number of benzene rings is 2. The van der Waals surface area contributed by atoms with Crippen LogP contribution >= 0.6 is 0 Å². The number of phenols is 1. The van der Waals surface area contributed by atoms with E-state index in [1.54, 1.807) is 11.5 Å². The number of hydrogen-bond donors (Lipinski definition) is 3. The average Bonchev–Trinajstić information content (AvgIpc) is 2.80. The number of ether oxygens (including phenoxy) is 2. The van der Waals surface area contributed by atoms with E-state index in [1.165, 1.54) is 12.1 Å². The van der Waals surface area contributed by atoms with E-state index in [2.05, 4.69) is 0 Å². The topological polar surface area (TPSA) is 121 Å². The van der Waals surface area contributed by atoms with Crippen molar-refractivity contribution in [2.75, 3.05) is 33.9 Å². The molecule has 2 aromatic carbocycles. The summed E-state index contributed by atoms with van der Waals surface area (Å²) in [6.45, 7) is 1.73. The number of unbranched alkanes of at least 4 members (excludes halogenated alkanes) is 2. The summed E-state index contributed by atoms with van der Waals surface area (Å²) >= 11 is 0. The van der Waals surface area contributed by atoms with E-state index in [9.17, 15) is 14.7 Å². The number of amides is 1. The van der Waals surface area contributed by atoms with Crippen LogP contribution in [0.5, 0.6) is 17.2 Å². The minimum atomic E-state index is -0.419. The lowest BCUT2D eigenvalue weighted by Gasteiger charge is -2.11. The molecule has 3 rings (SSSR count). The van der Waals surface area contributed by atoms with Crippen molar-refractivity contribution >= 4 is 16.9 Å². The van der Waals surface area contributed by atoms with Gasteiger partial charge in [-0.1, -0.05) is 0 Å². The van der Waals surface area contributed by atoms with Crippen LogP contribution in [0.15, 0.2) is 51.7 Å². The second-order valence-electron chi connectivity index (χ2n) is 8.16. The van der Waals surface area contributed by atoms with Gasteiger partial charge in [0.2, 0.25) is 5.91 Å². The number of fused-ring (bicyclic) bond motifs is 1. The van der Waals surface area contributed by atoms with Gasteiger partial charge in [-0.2, -0.15) is 0 Å². The van der Waals surface area contributed by atoms with Crippen molar-refractivity contribution in [2.24, 2.45) is 0 Å². The second-order valence-corrected chi connectivity index (χ2v) is 8.16. The van der Waals surface area contributed by atoms with Gasteiger partial charge in [0, 0.05) is 36.7 Å². The van der Waals surface area contributed by atoms with Crippen LogP contribution in [0.1, 0.15) is 25.7 Å². The number of rotatable bonds is 12. The minimum Gasteiger partial charge on any atom is -0.507 e. The third-order valence-electron chi connectivity index (χ3n) is 5.17. The lowest BCUT2D eigenvalue weighted by molar-refractivity contribution is -0.129. The number of hydrogen-bond acceptors (Lipinski definition) is 8. The van der Waals surface area contributed by atoms with Gasteiger partial charge in [0.15, 0.2) is 5.43 Å². The highest BCUT2D eigenvalue weighted by molar-refractivity contribution is 5.86. The molecule has 1 amide bonds. The van der Waals surface area contributed by atoms with Crippen molar-refractivity contribution in [2.45, 2.75) is 25.7 Å². The summed E-state index contributed by atoms with van der Waals surface area (Å²) in [7, 11) is 3.95. The van der Waals surface area contributed by atoms with Gasteiger partial charge in [0.05, 0.1) is 6.61 Å². The fraction of sp³-hybridized carbons (Fsp3) is 0.360. The van der Waals surface area contributed by atoms with E-state index in [1.807, 2.05) is 43.3 Å². The fourth-order valence-corrected chi connectivity index (χ4v) is 3.34. The maximum atomic E-state index is 12.6. The Morgan fingerprint density at radius 1 is 1.00 bits per heavy atom. The Bertz CT molecular complexity index is 1160. The van der Waals surface area contributed by atoms with Crippen LogP contribution in [0.4, 0.5) is 0 Å². The Kier molecular flexibility index (Phi) is 8.89. The number of hydroxylamine groups is 1. The number of aromatic hydroxyl groups is 1. The predicted molar refractivity (Wildman–Crippen MR) is 128 cm³/mol. The van der Waals surface area contributed by atoms with Gasteiger partial charge >= 0.3 is 0 Å². The number of phenolic OH excluding ortho intramolecular Hbond substituents is 1. The lowest BCUT2D eigenvalue weighted by atomic mass is 10.1.